The molecular weight excluding hydrogens is 250 g/mol. The second-order valence-corrected chi connectivity index (χ2v) is 7.41. The molecule has 1 rings (SSSR count). The van der Waals surface area contributed by atoms with Gasteiger partial charge in [-0.3, -0.25) is 0 Å². The van der Waals surface area contributed by atoms with Crippen molar-refractivity contribution in [2.45, 2.75) is 58.5 Å². The van der Waals surface area contributed by atoms with Gasteiger partial charge in [0.25, 0.3) is 10.2 Å². The minimum atomic E-state index is -3.36. The number of hydrogen-bond donors (Lipinski definition) is 2. The van der Waals surface area contributed by atoms with Crippen LogP contribution in [0.1, 0.15) is 46.5 Å². The first kappa shape index (κ1) is 15.9. The Hall–Kier alpha value is -0.170. The molecule has 108 valence electrons. The molecule has 1 heterocycles. The lowest BCUT2D eigenvalue weighted by molar-refractivity contribution is 0.265. The molecule has 1 aliphatic heterocycles. The Kier molecular flexibility index (Phi) is 6.04. The van der Waals surface area contributed by atoms with Crippen LogP contribution < -0.4 is 10.5 Å². The standard InChI is InChI=1S/C12H27N3O2S/c1-10(2)8-12(13)9-14-18(16,17)15-7-5-4-6-11(15)3/h10-12,14H,4-9,13H2,1-3H3. The Morgan fingerprint density at radius 2 is 2.06 bits per heavy atom. The van der Waals surface area contributed by atoms with Crippen LogP contribution in [0.15, 0.2) is 0 Å². The molecule has 0 spiro atoms. The molecule has 1 saturated heterocycles. The third kappa shape index (κ3) is 4.84. The maximum atomic E-state index is 12.1. The summed E-state index contributed by atoms with van der Waals surface area (Å²) in [7, 11) is -3.36. The highest BCUT2D eigenvalue weighted by atomic mass is 32.2. The average Bonchev–Trinajstić information content (AvgIpc) is 2.26. The quantitative estimate of drug-likeness (QED) is 0.762. The highest BCUT2D eigenvalue weighted by molar-refractivity contribution is 7.87. The SMILES string of the molecule is CC(C)CC(N)CNS(=O)(=O)N1CCCCC1C. The summed E-state index contributed by atoms with van der Waals surface area (Å²) in [5.41, 5.74) is 5.90. The Bertz CT molecular complexity index is 343. The van der Waals surface area contributed by atoms with Crippen LogP contribution in [0.4, 0.5) is 0 Å². The van der Waals surface area contributed by atoms with Gasteiger partial charge in [0.2, 0.25) is 0 Å². The molecule has 0 saturated carbocycles. The van der Waals surface area contributed by atoms with E-state index in [4.69, 9.17) is 5.73 Å². The summed E-state index contributed by atoms with van der Waals surface area (Å²) in [6, 6.07) is -0.0163. The summed E-state index contributed by atoms with van der Waals surface area (Å²) in [5.74, 6) is 0.485. The van der Waals surface area contributed by atoms with Crippen LogP contribution in [0.25, 0.3) is 0 Å². The van der Waals surface area contributed by atoms with Crippen molar-refractivity contribution in [3.05, 3.63) is 0 Å². The molecule has 2 unspecified atom stereocenters. The van der Waals surface area contributed by atoms with E-state index < -0.39 is 10.2 Å². The molecule has 0 radical (unpaired) electrons. The summed E-state index contributed by atoms with van der Waals surface area (Å²) in [4.78, 5) is 0. The van der Waals surface area contributed by atoms with Gasteiger partial charge < -0.3 is 5.73 Å². The molecule has 6 heteroatoms. The van der Waals surface area contributed by atoms with Crippen molar-refractivity contribution in [2.24, 2.45) is 11.7 Å². The van der Waals surface area contributed by atoms with Crippen molar-refractivity contribution < 1.29 is 8.42 Å². The zero-order valence-corrected chi connectivity index (χ0v) is 12.5. The molecule has 1 fully saturated rings. The van der Waals surface area contributed by atoms with E-state index in [1.165, 1.54) is 0 Å². The van der Waals surface area contributed by atoms with Gasteiger partial charge in [0.05, 0.1) is 0 Å². The first-order valence-corrected chi connectivity index (χ1v) is 8.29. The molecule has 2 atom stereocenters. The molecule has 0 amide bonds. The van der Waals surface area contributed by atoms with Crippen LogP contribution in [0.2, 0.25) is 0 Å². The normalized spacial score (nSPS) is 24.4. The van der Waals surface area contributed by atoms with Crippen molar-refractivity contribution >= 4 is 10.2 Å². The molecule has 0 aliphatic carbocycles. The third-order valence-corrected chi connectivity index (χ3v) is 5.04. The lowest BCUT2D eigenvalue weighted by Gasteiger charge is -2.32. The lowest BCUT2D eigenvalue weighted by Crippen LogP contribution is -2.50. The molecule has 0 aromatic heterocycles. The molecule has 3 N–H and O–H groups in total. The number of rotatable bonds is 6. The predicted octanol–water partition coefficient (Wildman–Crippen LogP) is 1.07. The Morgan fingerprint density at radius 3 is 2.61 bits per heavy atom. The first-order chi connectivity index (χ1) is 8.33. The summed E-state index contributed by atoms with van der Waals surface area (Å²) in [6.45, 7) is 7.08. The molecule has 18 heavy (non-hydrogen) atoms. The zero-order chi connectivity index (χ0) is 13.8. The van der Waals surface area contributed by atoms with Gasteiger partial charge in [-0.25, -0.2) is 4.72 Å². The molecule has 1 aliphatic rings. The first-order valence-electron chi connectivity index (χ1n) is 6.85. The van der Waals surface area contributed by atoms with E-state index in [0.717, 1.165) is 25.7 Å². The lowest BCUT2D eigenvalue weighted by atomic mass is 10.1. The average molecular weight is 277 g/mol. The zero-order valence-electron chi connectivity index (χ0n) is 11.7. The van der Waals surface area contributed by atoms with Crippen LogP contribution in [-0.4, -0.2) is 37.9 Å². The Morgan fingerprint density at radius 1 is 1.39 bits per heavy atom. The fraction of sp³-hybridized carbons (Fsp3) is 1.00. The molecule has 0 aromatic carbocycles. The smallest absolute Gasteiger partial charge is 0.279 e. The Balaban J connectivity index is 2.48. The minimum Gasteiger partial charge on any atom is -0.327 e. The topological polar surface area (TPSA) is 75.4 Å². The van der Waals surface area contributed by atoms with Gasteiger partial charge in [-0.05, 0) is 32.1 Å². The predicted molar refractivity (Wildman–Crippen MR) is 74.4 cm³/mol. The van der Waals surface area contributed by atoms with Crippen molar-refractivity contribution in [1.29, 1.82) is 0 Å². The fourth-order valence-electron chi connectivity index (χ4n) is 2.41. The summed E-state index contributed by atoms with van der Waals surface area (Å²) in [5, 5.41) is 0. The van der Waals surface area contributed by atoms with Crippen molar-refractivity contribution in [3.8, 4) is 0 Å². The summed E-state index contributed by atoms with van der Waals surface area (Å²) in [6.07, 6.45) is 3.83. The molecule has 5 nitrogen and oxygen atoms in total. The fourth-order valence-corrected chi connectivity index (χ4v) is 3.95. The largest absolute Gasteiger partial charge is 0.327 e. The maximum absolute atomic E-state index is 12.1. The van der Waals surface area contributed by atoms with Crippen molar-refractivity contribution in [3.63, 3.8) is 0 Å². The van der Waals surface area contributed by atoms with Gasteiger partial charge in [0, 0.05) is 25.2 Å². The van der Waals surface area contributed by atoms with E-state index in [1.54, 1.807) is 4.31 Å². The number of piperidine rings is 1. The van der Waals surface area contributed by atoms with Gasteiger partial charge in [0.15, 0.2) is 0 Å². The van der Waals surface area contributed by atoms with E-state index >= 15 is 0 Å². The van der Waals surface area contributed by atoms with E-state index in [-0.39, 0.29) is 12.1 Å². The minimum absolute atomic E-state index is 0.0950. The second kappa shape index (κ2) is 6.84. The van der Waals surface area contributed by atoms with Crippen molar-refractivity contribution in [1.82, 2.24) is 9.03 Å². The van der Waals surface area contributed by atoms with E-state index in [1.807, 2.05) is 6.92 Å². The van der Waals surface area contributed by atoms with Crippen LogP contribution in [0, 0.1) is 5.92 Å². The molecule has 0 bridgehead atoms. The van der Waals surface area contributed by atoms with Gasteiger partial charge in [-0.15, -0.1) is 0 Å². The van der Waals surface area contributed by atoms with Crippen LogP contribution in [0.5, 0.6) is 0 Å². The van der Waals surface area contributed by atoms with Crippen molar-refractivity contribution in [2.75, 3.05) is 13.1 Å². The summed E-state index contributed by atoms with van der Waals surface area (Å²) >= 11 is 0. The highest BCUT2D eigenvalue weighted by Crippen LogP contribution is 2.18. The van der Waals surface area contributed by atoms with Crippen LogP contribution in [-0.2, 0) is 10.2 Å². The maximum Gasteiger partial charge on any atom is 0.279 e. The van der Waals surface area contributed by atoms with Gasteiger partial charge in [-0.2, -0.15) is 12.7 Å². The molecular formula is C12H27N3O2S. The van der Waals surface area contributed by atoms with Gasteiger partial charge in [0.1, 0.15) is 0 Å². The van der Waals surface area contributed by atoms with Crippen LogP contribution in [0.3, 0.4) is 0 Å². The number of nitrogens with zero attached hydrogens (tertiary/aromatic N) is 1. The number of nitrogens with one attached hydrogen (secondary N) is 1. The van der Waals surface area contributed by atoms with Crippen LogP contribution >= 0.6 is 0 Å². The number of nitrogens with two attached hydrogens (primary N) is 1. The van der Waals surface area contributed by atoms with E-state index in [0.29, 0.717) is 19.0 Å². The number of hydrogen-bond acceptors (Lipinski definition) is 3. The molecule has 0 aromatic rings. The van der Waals surface area contributed by atoms with E-state index in [2.05, 4.69) is 18.6 Å². The second-order valence-electron chi connectivity index (χ2n) is 5.70. The highest BCUT2D eigenvalue weighted by Gasteiger charge is 2.29. The van der Waals surface area contributed by atoms with E-state index in [9.17, 15) is 8.42 Å². The Labute approximate surface area is 111 Å². The van der Waals surface area contributed by atoms with Gasteiger partial charge in [-0.1, -0.05) is 20.3 Å². The van der Waals surface area contributed by atoms with Gasteiger partial charge >= 0.3 is 0 Å². The summed E-state index contributed by atoms with van der Waals surface area (Å²) < 4.78 is 28.5. The third-order valence-electron chi connectivity index (χ3n) is 3.35. The monoisotopic (exact) mass is 277 g/mol.